The minimum absolute atomic E-state index is 0.00591. The zero-order chi connectivity index (χ0) is 19.6. The lowest BCUT2D eigenvalue weighted by atomic mass is 9.98. The van der Waals surface area contributed by atoms with Crippen molar-refractivity contribution in [1.82, 2.24) is 10.6 Å². The summed E-state index contributed by atoms with van der Waals surface area (Å²) in [6, 6.07) is 17.8. The SMILES string of the molecule is O=C(Cc1ccccc1NC(=O)C1CCCNC1)NCCCc1ccccc1. The molecule has 1 atom stereocenters. The van der Waals surface area contributed by atoms with Crippen LogP contribution < -0.4 is 16.0 Å². The number of benzene rings is 2. The summed E-state index contributed by atoms with van der Waals surface area (Å²) in [5.74, 6) is 0.00521. The van der Waals surface area contributed by atoms with Crippen LogP contribution in [-0.2, 0) is 22.4 Å². The lowest BCUT2D eigenvalue weighted by Gasteiger charge is -2.22. The lowest BCUT2D eigenvalue weighted by Crippen LogP contribution is -2.37. The van der Waals surface area contributed by atoms with E-state index in [-0.39, 0.29) is 24.2 Å². The Labute approximate surface area is 166 Å². The minimum atomic E-state index is -0.0194. The number of carbonyl (C=O) groups is 2. The van der Waals surface area contributed by atoms with Gasteiger partial charge in [0.05, 0.1) is 12.3 Å². The molecule has 1 fully saturated rings. The maximum Gasteiger partial charge on any atom is 0.228 e. The van der Waals surface area contributed by atoms with E-state index in [1.54, 1.807) is 0 Å². The van der Waals surface area contributed by atoms with Crippen molar-refractivity contribution in [1.29, 1.82) is 0 Å². The third kappa shape index (κ3) is 6.20. The van der Waals surface area contributed by atoms with E-state index >= 15 is 0 Å². The Morgan fingerprint density at radius 2 is 1.82 bits per heavy atom. The van der Waals surface area contributed by atoms with Crippen molar-refractivity contribution in [3.63, 3.8) is 0 Å². The van der Waals surface area contributed by atoms with Crippen molar-refractivity contribution in [2.75, 3.05) is 25.0 Å². The van der Waals surface area contributed by atoms with Crippen LogP contribution in [0.5, 0.6) is 0 Å². The van der Waals surface area contributed by atoms with Gasteiger partial charge in [-0.05, 0) is 49.4 Å². The van der Waals surface area contributed by atoms with E-state index in [1.165, 1.54) is 5.56 Å². The number of nitrogens with one attached hydrogen (secondary N) is 3. The highest BCUT2D eigenvalue weighted by Crippen LogP contribution is 2.19. The Hall–Kier alpha value is -2.66. The van der Waals surface area contributed by atoms with Gasteiger partial charge in [-0.1, -0.05) is 48.5 Å². The first kappa shape index (κ1) is 20.1. The van der Waals surface area contributed by atoms with Gasteiger partial charge in [-0.15, -0.1) is 0 Å². The molecule has 2 aromatic rings. The first-order valence-electron chi connectivity index (χ1n) is 10.1. The summed E-state index contributed by atoms with van der Waals surface area (Å²) in [4.78, 5) is 24.8. The quantitative estimate of drug-likeness (QED) is 0.618. The monoisotopic (exact) mass is 379 g/mol. The fraction of sp³-hybridized carbons (Fsp3) is 0.391. The Morgan fingerprint density at radius 3 is 2.61 bits per heavy atom. The topological polar surface area (TPSA) is 70.2 Å². The Morgan fingerprint density at radius 1 is 1.04 bits per heavy atom. The Balaban J connectivity index is 1.46. The normalized spacial score (nSPS) is 16.4. The van der Waals surface area contributed by atoms with Crippen LogP contribution in [0.3, 0.4) is 0 Å². The molecule has 148 valence electrons. The molecule has 1 aliphatic rings. The number of rotatable bonds is 8. The molecule has 0 aliphatic carbocycles. The van der Waals surface area contributed by atoms with Gasteiger partial charge < -0.3 is 16.0 Å². The molecule has 1 unspecified atom stereocenters. The van der Waals surface area contributed by atoms with Gasteiger partial charge in [-0.3, -0.25) is 9.59 Å². The number of hydrogen-bond donors (Lipinski definition) is 3. The molecule has 5 heteroatoms. The van der Waals surface area contributed by atoms with E-state index in [0.717, 1.165) is 50.0 Å². The van der Waals surface area contributed by atoms with Gasteiger partial charge in [0.2, 0.25) is 11.8 Å². The minimum Gasteiger partial charge on any atom is -0.356 e. The second kappa shape index (κ2) is 10.6. The Bertz CT molecular complexity index is 770. The van der Waals surface area contributed by atoms with Gasteiger partial charge in [-0.25, -0.2) is 0 Å². The third-order valence-corrected chi connectivity index (χ3v) is 5.10. The number of hydrogen-bond acceptors (Lipinski definition) is 3. The molecule has 0 aromatic heterocycles. The molecule has 0 bridgehead atoms. The van der Waals surface area contributed by atoms with Crippen LogP contribution in [-0.4, -0.2) is 31.4 Å². The van der Waals surface area contributed by atoms with Crippen molar-refractivity contribution >= 4 is 17.5 Å². The average molecular weight is 380 g/mol. The number of aryl methyl sites for hydroxylation is 1. The van der Waals surface area contributed by atoms with E-state index < -0.39 is 0 Å². The van der Waals surface area contributed by atoms with E-state index in [1.807, 2.05) is 42.5 Å². The van der Waals surface area contributed by atoms with Gasteiger partial charge >= 0.3 is 0 Å². The maximum atomic E-state index is 12.5. The average Bonchev–Trinajstić information content (AvgIpc) is 2.74. The van der Waals surface area contributed by atoms with Crippen molar-refractivity contribution in [2.24, 2.45) is 5.92 Å². The smallest absolute Gasteiger partial charge is 0.228 e. The summed E-state index contributed by atoms with van der Waals surface area (Å²) in [5, 5.41) is 9.26. The molecular weight excluding hydrogens is 350 g/mol. The fourth-order valence-corrected chi connectivity index (χ4v) is 3.51. The van der Waals surface area contributed by atoms with Crippen molar-refractivity contribution in [3.05, 3.63) is 65.7 Å². The zero-order valence-corrected chi connectivity index (χ0v) is 16.2. The van der Waals surface area contributed by atoms with Crippen LogP contribution in [0.25, 0.3) is 0 Å². The molecule has 5 nitrogen and oxygen atoms in total. The standard InChI is InChI=1S/C23H29N3O2/c27-22(25-15-6-10-18-8-2-1-3-9-18)16-19-11-4-5-13-21(19)26-23(28)20-12-7-14-24-17-20/h1-5,8-9,11,13,20,24H,6-7,10,12,14-17H2,(H,25,27)(H,26,28). The Kier molecular flexibility index (Phi) is 7.62. The summed E-state index contributed by atoms with van der Waals surface area (Å²) >= 11 is 0. The first-order chi connectivity index (χ1) is 13.7. The summed E-state index contributed by atoms with van der Waals surface area (Å²) in [5.41, 5.74) is 2.86. The lowest BCUT2D eigenvalue weighted by molar-refractivity contribution is -0.121. The summed E-state index contributed by atoms with van der Waals surface area (Å²) < 4.78 is 0. The van der Waals surface area contributed by atoms with E-state index in [0.29, 0.717) is 6.54 Å². The highest BCUT2D eigenvalue weighted by atomic mass is 16.2. The molecular formula is C23H29N3O2. The highest BCUT2D eigenvalue weighted by molar-refractivity contribution is 5.94. The van der Waals surface area contributed by atoms with Crippen LogP contribution >= 0.6 is 0 Å². The molecule has 2 aromatic carbocycles. The van der Waals surface area contributed by atoms with E-state index in [4.69, 9.17) is 0 Å². The van der Waals surface area contributed by atoms with Crippen molar-refractivity contribution < 1.29 is 9.59 Å². The van der Waals surface area contributed by atoms with E-state index in [9.17, 15) is 9.59 Å². The summed E-state index contributed by atoms with van der Waals surface area (Å²) in [7, 11) is 0. The number of anilines is 1. The molecule has 2 amide bonds. The first-order valence-corrected chi connectivity index (χ1v) is 10.1. The second-order valence-corrected chi connectivity index (χ2v) is 7.31. The largest absolute Gasteiger partial charge is 0.356 e. The number of para-hydroxylation sites is 1. The van der Waals surface area contributed by atoms with Crippen LogP contribution in [0.15, 0.2) is 54.6 Å². The van der Waals surface area contributed by atoms with Crippen LogP contribution in [0.4, 0.5) is 5.69 Å². The summed E-state index contributed by atoms with van der Waals surface area (Å²) in [6.07, 6.45) is 4.05. The maximum absolute atomic E-state index is 12.5. The van der Waals surface area contributed by atoms with Gasteiger partial charge in [-0.2, -0.15) is 0 Å². The third-order valence-electron chi connectivity index (χ3n) is 5.10. The molecule has 3 N–H and O–H groups in total. The molecule has 0 spiro atoms. The predicted molar refractivity (Wildman–Crippen MR) is 112 cm³/mol. The van der Waals surface area contributed by atoms with Crippen LogP contribution in [0.1, 0.15) is 30.4 Å². The fourth-order valence-electron chi connectivity index (χ4n) is 3.51. The second-order valence-electron chi connectivity index (χ2n) is 7.31. The van der Waals surface area contributed by atoms with Crippen LogP contribution in [0, 0.1) is 5.92 Å². The highest BCUT2D eigenvalue weighted by Gasteiger charge is 2.21. The molecule has 3 rings (SSSR count). The number of piperidine rings is 1. The molecule has 1 aliphatic heterocycles. The molecule has 28 heavy (non-hydrogen) atoms. The predicted octanol–water partition coefficient (Wildman–Crippen LogP) is 2.92. The molecule has 1 heterocycles. The van der Waals surface area contributed by atoms with Gasteiger partial charge in [0, 0.05) is 18.8 Å². The molecule has 0 saturated carbocycles. The van der Waals surface area contributed by atoms with Gasteiger partial charge in [0.1, 0.15) is 0 Å². The molecule has 1 saturated heterocycles. The van der Waals surface area contributed by atoms with E-state index in [2.05, 4.69) is 28.1 Å². The van der Waals surface area contributed by atoms with Crippen molar-refractivity contribution in [2.45, 2.75) is 32.1 Å². The number of carbonyl (C=O) groups excluding carboxylic acids is 2. The molecule has 0 radical (unpaired) electrons. The van der Waals surface area contributed by atoms with Crippen LogP contribution in [0.2, 0.25) is 0 Å². The van der Waals surface area contributed by atoms with Gasteiger partial charge in [0.25, 0.3) is 0 Å². The van der Waals surface area contributed by atoms with Gasteiger partial charge in [0.15, 0.2) is 0 Å². The number of amides is 2. The zero-order valence-electron chi connectivity index (χ0n) is 16.2. The summed E-state index contributed by atoms with van der Waals surface area (Å²) in [6.45, 7) is 2.34. The van der Waals surface area contributed by atoms with Crippen molar-refractivity contribution in [3.8, 4) is 0 Å².